The van der Waals surface area contributed by atoms with E-state index in [1.807, 2.05) is 0 Å². The highest BCUT2D eigenvalue weighted by molar-refractivity contribution is 7.88. The van der Waals surface area contributed by atoms with Crippen LogP contribution in [0.1, 0.15) is 35.2 Å². The topological polar surface area (TPSA) is 208 Å². The van der Waals surface area contributed by atoms with Gasteiger partial charge in [0.05, 0.1) is 18.6 Å². The lowest BCUT2D eigenvalue weighted by molar-refractivity contribution is -0.138. The highest BCUT2D eigenvalue weighted by Gasteiger charge is 2.25. The fourth-order valence-corrected chi connectivity index (χ4v) is 5.07. The van der Waals surface area contributed by atoms with Crippen LogP contribution in [0.2, 0.25) is 0 Å². The number of amides is 1. The number of carboxylic acids is 1. The number of hydrogen-bond acceptors (Lipinski definition) is 7. The number of rotatable bonds is 15. The SMILES string of the molecule is NC(N)=NCCCCCOc1ccc2ccc(C(=O)NCC(NS(=O)(=O)Cc3ccccc3)C(=O)O)c(=O)n2c1. The third-order valence-electron chi connectivity index (χ3n) is 5.72. The van der Waals surface area contributed by atoms with Crippen molar-refractivity contribution in [3.8, 4) is 5.75 Å². The van der Waals surface area contributed by atoms with E-state index < -0.39 is 45.8 Å². The molecule has 0 saturated heterocycles. The van der Waals surface area contributed by atoms with Crippen LogP contribution < -0.4 is 31.8 Å². The molecule has 1 aromatic carbocycles. The number of aromatic nitrogens is 1. The molecule has 1 amide bonds. The number of sulfonamides is 1. The Labute approximate surface area is 230 Å². The molecule has 3 rings (SSSR count). The number of guanidine groups is 1. The van der Waals surface area contributed by atoms with Crippen molar-refractivity contribution in [1.82, 2.24) is 14.4 Å². The highest BCUT2D eigenvalue weighted by atomic mass is 32.2. The zero-order valence-corrected chi connectivity index (χ0v) is 22.5. The summed E-state index contributed by atoms with van der Waals surface area (Å²) in [6.07, 6.45) is 3.85. The number of hydrogen-bond donors (Lipinski definition) is 5. The third kappa shape index (κ3) is 9.10. The van der Waals surface area contributed by atoms with Gasteiger partial charge in [0, 0.05) is 18.6 Å². The summed E-state index contributed by atoms with van der Waals surface area (Å²) in [5, 5.41) is 11.8. The van der Waals surface area contributed by atoms with Crippen LogP contribution in [-0.2, 0) is 20.6 Å². The number of benzene rings is 1. The van der Waals surface area contributed by atoms with Crippen LogP contribution in [-0.4, -0.2) is 61.5 Å². The van der Waals surface area contributed by atoms with Gasteiger partial charge in [0.25, 0.3) is 11.5 Å². The predicted molar refractivity (Wildman–Crippen MR) is 150 cm³/mol. The van der Waals surface area contributed by atoms with Crippen LogP contribution in [0.15, 0.2) is 70.6 Å². The van der Waals surface area contributed by atoms with Gasteiger partial charge in [0.2, 0.25) is 10.0 Å². The van der Waals surface area contributed by atoms with Crippen molar-refractivity contribution in [2.75, 3.05) is 19.7 Å². The molecular weight excluding hydrogens is 540 g/mol. The molecule has 14 heteroatoms. The normalized spacial score (nSPS) is 12.0. The molecule has 0 aliphatic heterocycles. The summed E-state index contributed by atoms with van der Waals surface area (Å²) in [7, 11) is -4.03. The Bertz CT molecular complexity index is 1520. The Morgan fingerprint density at radius 3 is 2.45 bits per heavy atom. The Morgan fingerprint density at radius 2 is 1.75 bits per heavy atom. The van der Waals surface area contributed by atoms with E-state index in [-0.39, 0.29) is 11.5 Å². The number of carbonyl (C=O) groups is 2. The Morgan fingerprint density at radius 1 is 1.02 bits per heavy atom. The first kappa shape index (κ1) is 30.1. The average molecular weight is 573 g/mol. The zero-order valence-electron chi connectivity index (χ0n) is 21.7. The van der Waals surface area contributed by atoms with Gasteiger partial charge in [-0.25, -0.2) is 8.42 Å². The van der Waals surface area contributed by atoms with Crippen LogP contribution in [0.3, 0.4) is 0 Å². The van der Waals surface area contributed by atoms with Gasteiger partial charge in [-0.2, -0.15) is 4.72 Å². The monoisotopic (exact) mass is 572 g/mol. The van der Waals surface area contributed by atoms with Crippen LogP contribution >= 0.6 is 0 Å². The second kappa shape index (κ2) is 14.1. The number of ether oxygens (including phenoxy) is 1. The van der Waals surface area contributed by atoms with Crippen LogP contribution in [0.4, 0.5) is 0 Å². The number of pyridine rings is 2. The zero-order chi connectivity index (χ0) is 29.1. The molecule has 0 spiro atoms. The van der Waals surface area contributed by atoms with E-state index in [2.05, 4.69) is 15.0 Å². The number of carboxylic acid groups (broad SMARTS) is 1. The van der Waals surface area contributed by atoms with Crippen LogP contribution in [0.5, 0.6) is 5.75 Å². The maximum absolute atomic E-state index is 13.0. The van der Waals surface area contributed by atoms with Crippen LogP contribution in [0, 0.1) is 0 Å². The molecule has 0 aliphatic rings. The first-order valence-corrected chi connectivity index (χ1v) is 14.1. The van der Waals surface area contributed by atoms with E-state index in [1.54, 1.807) is 48.5 Å². The quantitative estimate of drug-likeness (QED) is 0.0970. The first-order valence-electron chi connectivity index (χ1n) is 12.4. The second-order valence-electron chi connectivity index (χ2n) is 8.89. The molecule has 7 N–H and O–H groups in total. The van der Waals surface area contributed by atoms with E-state index in [4.69, 9.17) is 16.2 Å². The first-order chi connectivity index (χ1) is 19.1. The smallest absolute Gasteiger partial charge is 0.323 e. The number of aliphatic carboxylic acids is 1. The molecule has 2 aromatic heterocycles. The summed E-state index contributed by atoms with van der Waals surface area (Å²) in [6, 6.07) is 12.8. The van der Waals surface area contributed by atoms with Gasteiger partial charge < -0.3 is 26.6 Å². The summed E-state index contributed by atoms with van der Waals surface area (Å²) in [5.41, 5.74) is 10.7. The number of nitrogens with zero attached hydrogens (tertiary/aromatic N) is 2. The van der Waals surface area contributed by atoms with E-state index in [1.165, 1.54) is 16.7 Å². The lowest BCUT2D eigenvalue weighted by atomic mass is 10.2. The predicted octanol–water partition coefficient (Wildman–Crippen LogP) is 0.425. The van der Waals surface area contributed by atoms with E-state index >= 15 is 0 Å². The molecule has 1 atom stereocenters. The molecule has 214 valence electrons. The minimum atomic E-state index is -4.03. The van der Waals surface area contributed by atoms with Crippen molar-refractivity contribution in [3.63, 3.8) is 0 Å². The average Bonchev–Trinajstić information content (AvgIpc) is 2.90. The highest BCUT2D eigenvalue weighted by Crippen LogP contribution is 2.13. The summed E-state index contributed by atoms with van der Waals surface area (Å²) in [6.45, 7) is 0.362. The van der Waals surface area contributed by atoms with E-state index in [0.29, 0.717) is 30.0 Å². The summed E-state index contributed by atoms with van der Waals surface area (Å²) < 4.78 is 34.0. The maximum Gasteiger partial charge on any atom is 0.323 e. The van der Waals surface area contributed by atoms with E-state index in [9.17, 15) is 27.9 Å². The third-order valence-corrected chi connectivity index (χ3v) is 7.08. The van der Waals surface area contributed by atoms with Gasteiger partial charge in [-0.3, -0.25) is 23.8 Å². The Balaban J connectivity index is 1.62. The number of unbranched alkanes of at least 4 members (excludes halogenated alkanes) is 2. The Kier molecular flexibility index (Phi) is 10.6. The van der Waals surface area contributed by atoms with Gasteiger partial charge in [-0.1, -0.05) is 30.3 Å². The van der Waals surface area contributed by atoms with Gasteiger partial charge in [-0.05, 0) is 49.1 Å². The van der Waals surface area contributed by atoms with Gasteiger partial charge in [-0.15, -0.1) is 0 Å². The molecule has 0 bridgehead atoms. The van der Waals surface area contributed by atoms with Crippen LogP contribution in [0.25, 0.3) is 5.52 Å². The van der Waals surface area contributed by atoms with Crippen molar-refractivity contribution in [3.05, 3.63) is 82.3 Å². The molecule has 13 nitrogen and oxygen atoms in total. The molecule has 0 fully saturated rings. The van der Waals surface area contributed by atoms with Crippen molar-refractivity contribution >= 4 is 33.4 Å². The molecule has 0 radical (unpaired) electrons. The van der Waals surface area contributed by atoms with E-state index in [0.717, 1.165) is 19.3 Å². The van der Waals surface area contributed by atoms with Gasteiger partial charge >= 0.3 is 5.97 Å². The maximum atomic E-state index is 13.0. The summed E-state index contributed by atoms with van der Waals surface area (Å²) in [4.78, 5) is 41.4. The fraction of sp³-hybridized carbons (Fsp3) is 0.308. The molecule has 0 aliphatic carbocycles. The standard InChI is InChI=1S/C26H32N6O7S/c27-26(28)29-13-5-2-6-14-39-20-11-9-19-10-12-21(24(34)32(19)16-20)23(33)30-15-22(25(35)36)31-40(37,38)17-18-7-3-1-4-8-18/h1,3-4,7-12,16,22,31H,2,5-6,13-15,17H2,(H,30,33)(H,35,36)(H4,27,28,29). The van der Waals surface area contributed by atoms with Crippen molar-refractivity contribution in [1.29, 1.82) is 0 Å². The minimum Gasteiger partial charge on any atom is -0.492 e. The number of nitrogens with one attached hydrogen (secondary N) is 2. The fourth-order valence-electron chi connectivity index (χ4n) is 3.74. The Hall–Kier alpha value is -4.43. The van der Waals surface area contributed by atoms with Gasteiger partial charge in [0.1, 0.15) is 17.4 Å². The molecule has 3 aromatic rings. The largest absolute Gasteiger partial charge is 0.492 e. The molecular formula is C26H32N6O7S. The summed E-state index contributed by atoms with van der Waals surface area (Å²) >= 11 is 0. The second-order valence-corrected chi connectivity index (χ2v) is 10.6. The molecule has 0 saturated carbocycles. The number of nitrogens with two attached hydrogens (primary N) is 2. The van der Waals surface area contributed by atoms with Crippen molar-refractivity contribution in [2.45, 2.75) is 31.1 Å². The number of carbonyl (C=O) groups excluding carboxylic acids is 1. The molecule has 2 heterocycles. The lowest BCUT2D eigenvalue weighted by Crippen LogP contribution is -2.49. The molecule has 1 unspecified atom stereocenters. The minimum absolute atomic E-state index is 0.0519. The van der Waals surface area contributed by atoms with Gasteiger partial charge in [0.15, 0.2) is 5.96 Å². The molecule has 40 heavy (non-hydrogen) atoms. The number of aliphatic imine (C=N–C) groups is 1. The van der Waals surface area contributed by atoms with Crippen molar-refractivity contribution < 1.29 is 27.9 Å². The number of fused-ring (bicyclic) bond motifs is 1. The summed E-state index contributed by atoms with van der Waals surface area (Å²) in [5.74, 6) is -2.28. The van der Waals surface area contributed by atoms with Crippen molar-refractivity contribution in [2.24, 2.45) is 16.5 Å². The lowest BCUT2D eigenvalue weighted by Gasteiger charge is -2.16.